The Morgan fingerprint density at radius 1 is 1.47 bits per heavy atom. The molecule has 17 heavy (non-hydrogen) atoms. The summed E-state index contributed by atoms with van der Waals surface area (Å²) in [6.45, 7) is 7.80. The van der Waals surface area contributed by atoms with Crippen molar-refractivity contribution < 1.29 is 4.84 Å². The summed E-state index contributed by atoms with van der Waals surface area (Å²) in [4.78, 5) is 6.23. The van der Waals surface area contributed by atoms with Crippen molar-refractivity contribution in [3.8, 4) is 0 Å². The van der Waals surface area contributed by atoms with Gasteiger partial charge in [-0.2, -0.15) is 0 Å². The molecule has 1 aromatic rings. The third-order valence-electron chi connectivity index (χ3n) is 2.69. The number of benzene rings is 1. The van der Waals surface area contributed by atoms with E-state index in [1.807, 2.05) is 0 Å². The van der Waals surface area contributed by atoms with Gasteiger partial charge in [-0.05, 0) is 30.4 Å². The molecular weight excluding hydrogens is 230 g/mol. The van der Waals surface area contributed by atoms with E-state index >= 15 is 0 Å². The van der Waals surface area contributed by atoms with Crippen LogP contribution in [0.3, 0.4) is 0 Å². The van der Waals surface area contributed by atoms with Crippen molar-refractivity contribution in [3.05, 3.63) is 42.7 Å². The van der Waals surface area contributed by atoms with Crippen LogP contribution < -0.4 is 0 Å². The van der Waals surface area contributed by atoms with E-state index in [9.17, 15) is 0 Å². The van der Waals surface area contributed by atoms with E-state index in [0.29, 0.717) is 5.92 Å². The smallest absolute Gasteiger partial charge is 0.114 e. The lowest BCUT2D eigenvalue weighted by atomic mass is 9.96. The van der Waals surface area contributed by atoms with E-state index in [1.54, 1.807) is 11.8 Å². The summed E-state index contributed by atoms with van der Waals surface area (Å²) in [5.41, 5.74) is 2.08. The van der Waals surface area contributed by atoms with Crippen LogP contribution in [0.2, 0.25) is 0 Å². The number of rotatable bonds is 6. The van der Waals surface area contributed by atoms with Crippen LogP contribution in [0, 0.1) is 5.92 Å². The van der Waals surface area contributed by atoms with Gasteiger partial charge in [-0.25, -0.2) is 0 Å². The molecule has 2 nitrogen and oxygen atoms in total. The molecule has 0 aliphatic heterocycles. The number of thioether (sulfide) groups is 1. The Morgan fingerprint density at radius 2 is 2.12 bits per heavy atom. The van der Waals surface area contributed by atoms with Crippen LogP contribution in [-0.4, -0.2) is 12.0 Å². The summed E-state index contributed by atoms with van der Waals surface area (Å²) in [5.74, 6) is 0.370. The van der Waals surface area contributed by atoms with Crippen LogP contribution in [-0.2, 0) is 4.84 Å². The topological polar surface area (TPSA) is 21.6 Å². The second-order valence-electron chi connectivity index (χ2n) is 3.79. The summed E-state index contributed by atoms with van der Waals surface area (Å²) in [7, 11) is 0. The number of hydrogen-bond acceptors (Lipinski definition) is 3. The van der Waals surface area contributed by atoms with Crippen LogP contribution in [0.1, 0.15) is 25.8 Å². The predicted molar refractivity (Wildman–Crippen MR) is 75.5 cm³/mol. The lowest BCUT2D eigenvalue weighted by molar-refractivity contribution is 0.267. The highest BCUT2D eigenvalue weighted by molar-refractivity contribution is 7.98. The molecule has 1 aromatic carbocycles. The fourth-order valence-corrected chi connectivity index (χ4v) is 1.88. The second-order valence-corrected chi connectivity index (χ2v) is 4.67. The van der Waals surface area contributed by atoms with Crippen molar-refractivity contribution in [1.29, 1.82) is 0 Å². The first-order valence-corrected chi connectivity index (χ1v) is 6.94. The van der Waals surface area contributed by atoms with Gasteiger partial charge in [0.2, 0.25) is 0 Å². The summed E-state index contributed by atoms with van der Waals surface area (Å²) < 4.78 is 0. The van der Waals surface area contributed by atoms with Crippen molar-refractivity contribution in [2.24, 2.45) is 11.1 Å². The van der Waals surface area contributed by atoms with Gasteiger partial charge in [-0.3, -0.25) is 0 Å². The zero-order valence-electron chi connectivity index (χ0n) is 10.6. The monoisotopic (exact) mass is 249 g/mol. The highest BCUT2D eigenvalue weighted by atomic mass is 32.2. The standard InChI is InChI=1S/C14H19NOS/c1-5-11(3)14(15-16-6-2)12-7-9-13(17-4)10-8-12/h6-11H,2,5H2,1,3-4H3/b15-14+. The number of hydrogen-bond donors (Lipinski definition) is 0. The Kier molecular flexibility index (Phi) is 5.84. The largest absolute Gasteiger partial charge is 0.365 e. The highest BCUT2D eigenvalue weighted by Crippen LogP contribution is 2.18. The van der Waals surface area contributed by atoms with Crippen molar-refractivity contribution in [3.63, 3.8) is 0 Å². The minimum atomic E-state index is 0.370. The Bertz CT molecular complexity index is 384. The summed E-state index contributed by atoms with van der Waals surface area (Å²) in [6, 6.07) is 8.38. The average Bonchev–Trinajstić information content (AvgIpc) is 2.39. The molecule has 0 bridgehead atoms. The molecule has 0 aliphatic carbocycles. The normalized spacial score (nSPS) is 13.2. The summed E-state index contributed by atoms with van der Waals surface area (Å²) >= 11 is 1.73. The first kappa shape index (κ1) is 13.8. The Hall–Kier alpha value is -1.22. The average molecular weight is 249 g/mol. The van der Waals surface area contributed by atoms with Crippen LogP contribution in [0.15, 0.2) is 47.2 Å². The molecule has 0 radical (unpaired) electrons. The van der Waals surface area contributed by atoms with Gasteiger partial charge in [0, 0.05) is 10.8 Å². The van der Waals surface area contributed by atoms with Crippen LogP contribution in [0.25, 0.3) is 0 Å². The molecule has 0 heterocycles. The summed E-state index contributed by atoms with van der Waals surface area (Å²) in [6.07, 6.45) is 4.45. The molecule has 0 aliphatic rings. The molecular formula is C14H19NOS. The maximum Gasteiger partial charge on any atom is 0.114 e. The molecule has 0 spiro atoms. The maximum atomic E-state index is 4.98. The molecule has 92 valence electrons. The van der Waals surface area contributed by atoms with E-state index < -0.39 is 0 Å². The molecule has 3 heteroatoms. The molecule has 0 aromatic heterocycles. The van der Waals surface area contributed by atoms with Gasteiger partial charge < -0.3 is 4.84 Å². The first-order chi connectivity index (χ1) is 8.22. The zero-order valence-corrected chi connectivity index (χ0v) is 11.5. The van der Waals surface area contributed by atoms with E-state index in [-0.39, 0.29) is 0 Å². The summed E-state index contributed by atoms with van der Waals surface area (Å²) in [5, 5.41) is 4.13. The van der Waals surface area contributed by atoms with Crippen LogP contribution >= 0.6 is 11.8 Å². The van der Waals surface area contributed by atoms with Crippen LogP contribution in [0.5, 0.6) is 0 Å². The van der Waals surface area contributed by atoms with Gasteiger partial charge in [-0.1, -0.05) is 37.7 Å². The van der Waals surface area contributed by atoms with E-state index in [1.165, 1.54) is 11.2 Å². The number of oxime groups is 1. The fourth-order valence-electron chi connectivity index (χ4n) is 1.48. The van der Waals surface area contributed by atoms with Gasteiger partial charge in [0.25, 0.3) is 0 Å². The molecule has 1 unspecified atom stereocenters. The molecule has 0 amide bonds. The lowest BCUT2D eigenvalue weighted by Crippen LogP contribution is -2.12. The van der Waals surface area contributed by atoms with E-state index in [0.717, 1.165) is 17.7 Å². The molecule has 1 rings (SSSR count). The Morgan fingerprint density at radius 3 is 2.59 bits per heavy atom. The molecule has 1 atom stereocenters. The van der Waals surface area contributed by atoms with Gasteiger partial charge in [-0.15, -0.1) is 11.8 Å². The highest BCUT2D eigenvalue weighted by Gasteiger charge is 2.12. The second kappa shape index (κ2) is 7.17. The fraction of sp³-hybridized carbons (Fsp3) is 0.357. The minimum Gasteiger partial charge on any atom is -0.365 e. The van der Waals surface area contributed by atoms with Crippen molar-refractivity contribution in [2.75, 3.05) is 6.26 Å². The Balaban J connectivity index is 2.99. The third-order valence-corrected chi connectivity index (χ3v) is 3.43. The SMILES string of the molecule is C=CO/N=C(/c1ccc(SC)cc1)C(C)CC. The molecule has 0 fully saturated rings. The quantitative estimate of drug-likeness (QED) is 0.324. The van der Waals surface area contributed by atoms with E-state index in [4.69, 9.17) is 4.84 Å². The van der Waals surface area contributed by atoms with Gasteiger partial charge in [0.15, 0.2) is 0 Å². The Labute approximate surface area is 108 Å². The molecule has 0 N–H and O–H groups in total. The first-order valence-electron chi connectivity index (χ1n) is 5.72. The van der Waals surface area contributed by atoms with Gasteiger partial charge in [0.1, 0.15) is 6.26 Å². The third kappa shape index (κ3) is 3.93. The molecule has 0 saturated heterocycles. The molecule has 0 saturated carbocycles. The van der Waals surface area contributed by atoms with Gasteiger partial charge >= 0.3 is 0 Å². The van der Waals surface area contributed by atoms with Gasteiger partial charge in [0.05, 0.1) is 5.71 Å². The zero-order chi connectivity index (χ0) is 12.7. The van der Waals surface area contributed by atoms with Crippen molar-refractivity contribution in [2.45, 2.75) is 25.2 Å². The number of nitrogens with zero attached hydrogens (tertiary/aromatic N) is 1. The predicted octanol–water partition coefficient (Wildman–Crippen LogP) is 4.32. The van der Waals surface area contributed by atoms with Crippen LogP contribution in [0.4, 0.5) is 0 Å². The van der Waals surface area contributed by atoms with Crippen molar-refractivity contribution >= 4 is 17.5 Å². The van der Waals surface area contributed by atoms with E-state index in [2.05, 4.69) is 56.1 Å². The maximum absolute atomic E-state index is 4.98. The van der Waals surface area contributed by atoms with Crippen molar-refractivity contribution in [1.82, 2.24) is 0 Å². The minimum absolute atomic E-state index is 0.370. The lowest BCUT2D eigenvalue weighted by Gasteiger charge is -2.12.